The molecule has 1 N–H and O–H groups in total. The van der Waals surface area contributed by atoms with Crippen LogP contribution in [0.4, 0.5) is 0 Å². The zero-order valence-corrected chi connectivity index (χ0v) is 7.49. The van der Waals surface area contributed by atoms with Crippen LogP contribution >= 0.6 is 22.6 Å². The van der Waals surface area contributed by atoms with Crippen LogP contribution in [0.25, 0.3) is 0 Å². The minimum absolute atomic E-state index is 0.206. The van der Waals surface area contributed by atoms with Crippen molar-refractivity contribution in [3.8, 4) is 5.75 Å². The second-order valence-corrected chi connectivity index (χ2v) is 3.06. The predicted molar refractivity (Wildman–Crippen MR) is 46.1 cm³/mol. The van der Waals surface area contributed by atoms with Crippen molar-refractivity contribution < 1.29 is 5.11 Å². The van der Waals surface area contributed by atoms with Crippen LogP contribution in [0.1, 0.15) is 0 Å². The van der Waals surface area contributed by atoms with Gasteiger partial charge >= 0.3 is 0 Å². The highest BCUT2D eigenvalue weighted by molar-refractivity contribution is 14.1. The summed E-state index contributed by atoms with van der Waals surface area (Å²) in [5.41, 5.74) is -0.331. The maximum Gasteiger partial charge on any atom is 0.224 e. The van der Waals surface area contributed by atoms with E-state index < -0.39 is 0 Å². The fraction of sp³-hybridized carbons (Fsp3) is 0.167. The van der Waals surface area contributed by atoms with Crippen molar-refractivity contribution in [3.05, 3.63) is 26.2 Å². The number of hydrogen-bond acceptors (Lipinski definition) is 2. The molecule has 1 rings (SSSR count). The van der Waals surface area contributed by atoms with Gasteiger partial charge in [-0.1, -0.05) is 0 Å². The molecule has 10 heavy (non-hydrogen) atoms. The van der Waals surface area contributed by atoms with Crippen LogP contribution in [0.2, 0.25) is 0 Å². The molecule has 0 aliphatic rings. The van der Waals surface area contributed by atoms with E-state index in [1.54, 1.807) is 11.6 Å². The van der Waals surface area contributed by atoms with Crippen molar-refractivity contribution >= 4 is 22.6 Å². The molecule has 0 bridgehead atoms. The quantitative estimate of drug-likeness (QED) is 0.544. The maximum atomic E-state index is 10.7. The molecule has 54 valence electrons. The van der Waals surface area contributed by atoms with E-state index >= 15 is 0 Å². The smallest absolute Gasteiger partial charge is 0.224 e. The number of nitrogens with zero attached hydrogens (tertiary/aromatic N) is 1. The normalized spacial score (nSPS) is 9.80. The molecule has 3 nitrogen and oxygen atoms in total. The van der Waals surface area contributed by atoms with Crippen LogP contribution in [0.15, 0.2) is 17.1 Å². The van der Waals surface area contributed by atoms with E-state index in [1.807, 2.05) is 22.6 Å². The van der Waals surface area contributed by atoms with E-state index in [0.29, 0.717) is 0 Å². The maximum absolute atomic E-state index is 10.7. The summed E-state index contributed by atoms with van der Waals surface area (Å²) in [6, 6.07) is 1.38. The molecule has 1 aromatic rings. The average Bonchev–Trinajstić information content (AvgIpc) is 1.84. The van der Waals surface area contributed by atoms with Crippen molar-refractivity contribution in [2.24, 2.45) is 7.05 Å². The second-order valence-electron chi connectivity index (χ2n) is 1.96. The lowest BCUT2D eigenvalue weighted by molar-refractivity contribution is 0.463. The van der Waals surface area contributed by atoms with E-state index in [-0.39, 0.29) is 11.2 Å². The van der Waals surface area contributed by atoms with E-state index in [0.717, 1.165) is 3.70 Å². The summed E-state index contributed by atoms with van der Waals surface area (Å²) in [5, 5.41) is 8.89. The largest absolute Gasteiger partial charge is 0.503 e. The summed E-state index contributed by atoms with van der Waals surface area (Å²) in [6.45, 7) is 0. The molecule has 0 unspecified atom stereocenters. The van der Waals surface area contributed by atoms with Crippen LogP contribution in [0, 0.1) is 3.70 Å². The number of aromatic nitrogens is 1. The van der Waals surface area contributed by atoms with Gasteiger partial charge in [-0.3, -0.25) is 4.79 Å². The van der Waals surface area contributed by atoms with Gasteiger partial charge in [-0.25, -0.2) is 0 Å². The molecule has 0 aromatic carbocycles. The van der Waals surface area contributed by atoms with E-state index in [1.165, 1.54) is 12.3 Å². The fourth-order valence-electron chi connectivity index (χ4n) is 0.593. The van der Waals surface area contributed by atoms with Crippen molar-refractivity contribution in [2.75, 3.05) is 0 Å². The molecule has 0 saturated carbocycles. The van der Waals surface area contributed by atoms with Crippen LogP contribution in [-0.2, 0) is 7.05 Å². The van der Waals surface area contributed by atoms with Crippen LogP contribution in [0.5, 0.6) is 5.75 Å². The molecule has 0 aliphatic carbocycles. The molecule has 1 heterocycles. The third-order valence-corrected chi connectivity index (χ3v) is 2.23. The first-order valence-electron chi connectivity index (χ1n) is 2.66. The molecule has 1 aromatic heterocycles. The molecule has 0 aliphatic heterocycles. The molecule has 0 saturated heterocycles. The Hall–Kier alpha value is -0.520. The second kappa shape index (κ2) is 2.61. The third kappa shape index (κ3) is 1.31. The SMILES string of the molecule is Cn1cc(O)c(=O)cc1I. The molecule has 0 fully saturated rings. The molecule has 0 radical (unpaired) electrons. The monoisotopic (exact) mass is 251 g/mol. The number of hydrogen-bond donors (Lipinski definition) is 1. The highest BCUT2D eigenvalue weighted by Crippen LogP contribution is 2.04. The van der Waals surface area contributed by atoms with Gasteiger partial charge < -0.3 is 9.67 Å². The van der Waals surface area contributed by atoms with Crippen molar-refractivity contribution in [1.29, 1.82) is 0 Å². The van der Waals surface area contributed by atoms with Gasteiger partial charge in [0.1, 0.15) is 0 Å². The molecule has 0 spiro atoms. The van der Waals surface area contributed by atoms with Crippen LogP contribution in [0.3, 0.4) is 0 Å². The Morgan fingerprint density at radius 3 is 2.80 bits per heavy atom. The van der Waals surface area contributed by atoms with Crippen LogP contribution < -0.4 is 5.43 Å². The van der Waals surface area contributed by atoms with Crippen LogP contribution in [-0.4, -0.2) is 9.67 Å². The number of aromatic hydroxyl groups is 1. The molecule has 4 heteroatoms. The highest BCUT2D eigenvalue weighted by Gasteiger charge is 1.97. The van der Waals surface area contributed by atoms with Gasteiger partial charge in [-0.05, 0) is 22.6 Å². The third-order valence-electron chi connectivity index (χ3n) is 1.16. The first-order chi connectivity index (χ1) is 4.61. The average molecular weight is 251 g/mol. The first kappa shape index (κ1) is 7.59. The first-order valence-corrected chi connectivity index (χ1v) is 3.74. The lowest BCUT2D eigenvalue weighted by Gasteiger charge is -2.00. The van der Waals surface area contributed by atoms with Gasteiger partial charge in [0, 0.05) is 13.1 Å². The molecule has 0 atom stereocenters. The van der Waals surface area contributed by atoms with Gasteiger partial charge in [0.25, 0.3) is 0 Å². The van der Waals surface area contributed by atoms with Gasteiger partial charge in [0.05, 0.1) is 9.90 Å². The van der Waals surface area contributed by atoms with Crippen molar-refractivity contribution in [2.45, 2.75) is 0 Å². The molecule has 0 amide bonds. The predicted octanol–water partition coefficient (Wildman–Crippen LogP) is 0.696. The summed E-state index contributed by atoms with van der Waals surface area (Å²) in [6.07, 6.45) is 1.39. The number of rotatable bonds is 0. The van der Waals surface area contributed by atoms with Gasteiger partial charge in [0.2, 0.25) is 5.43 Å². The zero-order valence-electron chi connectivity index (χ0n) is 5.34. The Balaban J connectivity index is 3.43. The standard InChI is InChI=1S/C6H6INO2/c1-8-3-5(10)4(9)2-6(8)7/h2-3,10H,1H3. The van der Waals surface area contributed by atoms with Gasteiger partial charge in [0.15, 0.2) is 5.75 Å². The molecular formula is C6H6INO2. The van der Waals surface area contributed by atoms with Crippen molar-refractivity contribution in [1.82, 2.24) is 4.57 Å². The summed E-state index contributed by atoms with van der Waals surface area (Å²) in [4.78, 5) is 10.7. The summed E-state index contributed by atoms with van der Waals surface area (Å²) in [5.74, 6) is -0.206. The van der Waals surface area contributed by atoms with E-state index in [4.69, 9.17) is 5.11 Å². The Morgan fingerprint density at radius 1 is 1.70 bits per heavy atom. The summed E-state index contributed by atoms with van der Waals surface area (Å²) >= 11 is 2.02. The number of halogens is 1. The minimum Gasteiger partial charge on any atom is -0.503 e. The van der Waals surface area contributed by atoms with E-state index in [9.17, 15) is 4.79 Å². The highest BCUT2D eigenvalue weighted by atomic mass is 127. The number of aryl methyl sites for hydroxylation is 1. The summed E-state index contributed by atoms with van der Waals surface area (Å²) < 4.78 is 2.48. The van der Waals surface area contributed by atoms with Gasteiger partial charge in [-0.2, -0.15) is 0 Å². The number of pyridine rings is 1. The summed E-state index contributed by atoms with van der Waals surface area (Å²) in [7, 11) is 1.76. The topological polar surface area (TPSA) is 42.2 Å². The Morgan fingerprint density at radius 2 is 2.30 bits per heavy atom. The lowest BCUT2D eigenvalue weighted by atomic mass is 10.4. The van der Waals surface area contributed by atoms with Gasteiger partial charge in [-0.15, -0.1) is 0 Å². The Labute approximate surface area is 71.4 Å². The van der Waals surface area contributed by atoms with Crippen molar-refractivity contribution in [3.63, 3.8) is 0 Å². The Bertz CT molecular complexity index is 305. The lowest BCUT2D eigenvalue weighted by Crippen LogP contribution is -2.05. The molecular weight excluding hydrogens is 245 g/mol. The fourth-order valence-corrected chi connectivity index (χ4v) is 1.01. The Kier molecular flexibility index (Phi) is 1.98. The zero-order chi connectivity index (χ0) is 7.72. The van der Waals surface area contributed by atoms with E-state index in [2.05, 4.69) is 0 Å². The minimum atomic E-state index is -0.331.